The Labute approximate surface area is 210 Å². The molecule has 0 bridgehead atoms. The van der Waals surface area contributed by atoms with E-state index in [2.05, 4.69) is 21.9 Å². The van der Waals surface area contributed by atoms with E-state index < -0.39 is 30.0 Å². The molecular weight excluding hydrogens is 489 g/mol. The van der Waals surface area contributed by atoms with E-state index in [9.17, 15) is 28.0 Å². The van der Waals surface area contributed by atoms with Crippen molar-refractivity contribution >= 4 is 23.7 Å². The van der Waals surface area contributed by atoms with Gasteiger partial charge < -0.3 is 14.8 Å². The van der Waals surface area contributed by atoms with Gasteiger partial charge in [-0.3, -0.25) is 9.59 Å². The van der Waals surface area contributed by atoms with Crippen LogP contribution in [0.2, 0.25) is 0 Å². The van der Waals surface area contributed by atoms with Crippen molar-refractivity contribution in [2.24, 2.45) is 5.10 Å². The lowest BCUT2D eigenvalue weighted by Crippen LogP contribution is -2.24. The standard InChI is InChI=1S/C26H21F3N4O4/c1-36-23-11-17(9-10-22(23)37-16-19-6-3-2-5-18(19)14-30)15-31-33-25(35)13-24(34)32-21-8-4-7-20(12-21)26(27,28)29/h2-12,15H,13,16H2,1H3,(H,32,34)(H,33,35). The zero-order valence-electron chi connectivity index (χ0n) is 19.5. The van der Waals surface area contributed by atoms with Crippen molar-refractivity contribution < 1.29 is 32.2 Å². The molecule has 0 radical (unpaired) electrons. The molecule has 0 aromatic heterocycles. The molecule has 2 amide bonds. The van der Waals surface area contributed by atoms with Crippen LogP contribution >= 0.6 is 0 Å². The van der Waals surface area contributed by atoms with Gasteiger partial charge >= 0.3 is 6.18 Å². The van der Waals surface area contributed by atoms with Gasteiger partial charge in [0, 0.05) is 11.3 Å². The van der Waals surface area contributed by atoms with E-state index in [4.69, 9.17) is 9.47 Å². The van der Waals surface area contributed by atoms with E-state index in [0.717, 1.165) is 23.8 Å². The summed E-state index contributed by atoms with van der Waals surface area (Å²) in [6.45, 7) is 0.159. The molecule has 3 rings (SSSR count). The number of nitrogens with one attached hydrogen (secondary N) is 2. The molecule has 3 aromatic carbocycles. The summed E-state index contributed by atoms with van der Waals surface area (Å²) in [6, 6.07) is 18.1. The number of hydrazone groups is 1. The molecule has 0 saturated heterocycles. The fourth-order valence-corrected chi connectivity index (χ4v) is 3.14. The Morgan fingerprint density at radius 2 is 1.81 bits per heavy atom. The van der Waals surface area contributed by atoms with Crippen molar-refractivity contribution in [3.05, 3.63) is 89.0 Å². The number of hydrogen-bond donors (Lipinski definition) is 2. The first kappa shape index (κ1) is 26.7. The Balaban J connectivity index is 1.53. The Bertz CT molecular complexity index is 1350. The van der Waals surface area contributed by atoms with E-state index in [1.165, 1.54) is 19.4 Å². The molecular formula is C26H21F3N4O4. The Morgan fingerprint density at radius 1 is 1.03 bits per heavy atom. The van der Waals surface area contributed by atoms with Gasteiger partial charge in [0.1, 0.15) is 13.0 Å². The number of carbonyl (C=O) groups excluding carboxylic acids is 2. The molecule has 0 atom stereocenters. The second kappa shape index (κ2) is 12.2. The molecule has 190 valence electrons. The summed E-state index contributed by atoms with van der Waals surface area (Å²) in [5.74, 6) is -0.732. The predicted molar refractivity (Wildman–Crippen MR) is 129 cm³/mol. The van der Waals surface area contributed by atoms with E-state index in [-0.39, 0.29) is 12.3 Å². The van der Waals surface area contributed by atoms with Crippen LogP contribution in [0.15, 0.2) is 71.8 Å². The molecule has 0 spiro atoms. The second-order valence-electron chi connectivity index (χ2n) is 7.56. The van der Waals surface area contributed by atoms with Crippen molar-refractivity contribution in [3.8, 4) is 17.6 Å². The van der Waals surface area contributed by atoms with Gasteiger partial charge in [-0.15, -0.1) is 0 Å². The van der Waals surface area contributed by atoms with Crippen LogP contribution < -0.4 is 20.2 Å². The number of nitriles is 1. The van der Waals surface area contributed by atoms with Crippen LogP contribution in [-0.4, -0.2) is 25.1 Å². The molecule has 11 heteroatoms. The molecule has 2 N–H and O–H groups in total. The third-order valence-corrected chi connectivity index (χ3v) is 4.91. The molecule has 3 aromatic rings. The van der Waals surface area contributed by atoms with Crippen LogP contribution in [0, 0.1) is 11.3 Å². The number of anilines is 1. The van der Waals surface area contributed by atoms with Crippen molar-refractivity contribution in [1.82, 2.24) is 5.43 Å². The number of halogens is 3. The lowest BCUT2D eigenvalue weighted by Gasteiger charge is -2.12. The van der Waals surface area contributed by atoms with Crippen molar-refractivity contribution in [2.45, 2.75) is 19.2 Å². The average Bonchev–Trinajstić information content (AvgIpc) is 2.87. The van der Waals surface area contributed by atoms with Gasteiger partial charge in [0.25, 0.3) is 0 Å². The molecule has 0 saturated carbocycles. The number of ether oxygens (including phenoxy) is 2. The third kappa shape index (κ3) is 7.83. The van der Waals surface area contributed by atoms with Crippen LogP contribution in [0.1, 0.15) is 28.7 Å². The molecule has 0 unspecified atom stereocenters. The zero-order valence-corrected chi connectivity index (χ0v) is 19.5. The van der Waals surface area contributed by atoms with Gasteiger partial charge in [-0.05, 0) is 48.0 Å². The number of alkyl halides is 3. The molecule has 0 aliphatic carbocycles. The Kier molecular flexibility index (Phi) is 8.83. The molecule has 0 fully saturated rings. The molecule has 8 nitrogen and oxygen atoms in total. The highest BCUT2D eigenvalue weighted by molar-refractivity contribution is 6.03. The lowest BCUT2D eigenvalue weighted by molar-refractivity contribution is -0.137. The highest BCUT2D eigenvalue weighted by Crippen LogP contribution is 2.31. The SMILES string of the molecule is COc1cc(C=NNC(=O)CC(=O)Nc2cccc(C(F)(F)F)c2)ccc1OCc1ccccc1C#N. The van der Waals surface area contributed by atoms with Crippen LogP contribution in [-0.2, 0) is 22.4 Å². The van der Waals surface area contributed by atoms with Gasteiger partial charge in [0.05, 0.1) is 30.5 Å². The number of nitrogens with zero attached hydrogens (tertiary/aromatic N) is 2. The van der Waals surface area contributed by atoms with E-state index >= 15 is 0 Å². The fourth-order valence-electron chi connectivity index (χ4n) is 3.14. The number of hydrogen-bond acceptors (Lipinski definition) is 6. The molecule has 0 aliphatic rings. The van der Waals surface area contributed by atoms with Crippen LogP contribution in [0.4, 0.5) is 18.9 Å². The third-order valence-electron chi connectivity index (χ3n) is 4.91. The zero-order chi connectivity index (χ0) is 26.8. The summed E-state index contributed by atoms with van der Waals surface area (Å²) >= 11 is 0. The first-order valence-corrected chi connectivity index (χ1v) is 10.8. The fraction of sp³-hybridized carbons (Fsp3) is 0.154. The van der Waals surface area contributed by atoms with Crippen molar-refractivity contribution in [1.29, 1.82) is 5.26 Å². The second-order valence-corrected chi connectivity index (χ2v) is 7.56. The number of rotatable bonds is 9. The maximum atomic E-state index is 12.8. The minimum Gasteiger partial charge on any atom is -0.493 e. The number of benzene rings is 3. The van der Waals surface area contributed by atoms with Crippen molar-refractivity contribution in [3.63, 3.8) is 0 Å². The van der Waals surface area contributed by atoms with E-state index in [1.807, 2.05) is 0 Å². The Morgan fingerprint density at radius 3 is 2.54 bits per heavy atom. The van der Waals surface area contributed by atoms with E-state index in [1.54, 1.807) is 42.5 Å². The first-order chi connectivity index (χ1) is 17.7. The highest BCUT2D eigenvalue weighted by atomic mass is 19.4. The van der Waals surface area contributed by atoms with Gasteiger partial charge in [-0.25, -0.2) is 5.43 Å². The summed E-state index contributed by atoms with van der Waals surface area (Å²) in [5, 5.41) is 15.2. The minimum atomic E-state index is -4.55. The summed E-state index contributed by atoms with van der Waals surface area (Å²) < 4.78 is 49.5. The van der Waals surface area contributed by atoms with Crippen LogP contribution in [0.25, 0.3) is 0 Å². The van der Waals surface area contributed by atoms with Crippen LogP contribution in [0.5, 0.6) is 11.5 Å². The van der Waals surface area contributed by atoms with Crippen molar-refractivity contribution in [2.75, 3.05) is 12.4 Å². The maximum Gasteiger partial charge on any atom is 0.416 e. The number of carbonyl (C=O) groups is 2. The molecule has 0 heterocycles. The Hall–Kier alpha value is -4.85. The lowest BCUT2D eigenvalue weighted by atomic mass is 10.1. The average molecular weight is 510 g/mol. The maximum absolute atomic E-state index is 12.8. The number of methoxy groups -OCH3 is 1. The van der Waals surface area contributed by atoms with Gasteiger partial charge in [-0.1, -0.05) is 24.3 Å². The predicted octanol–water partition coefficient (Wildman–Crippen LogP) is 4.64. The smallest absolute Gasteiger partial charge is 0.416 e. The van der Waals surface area contributed by atoms with E-state index in [0.29, 0.717) is 22.6 Å². The number of amides is 2. The van der Waals surface area contributed by atoms with Gasteiger partial charge in [0.15, 0.2) is 11.5 Å². The summed E-state index contributed by atoms with van der Waals surface area (Å²) in [4.78, 5) is 24.0. The van der Waals surface area contributed by atoms with Crippen LogP contribution in [0.3, 0.4) is 0 Å². The van der Waals surface area contributed by atoms with Gasteiger partial charge in [0.2, 0.25) is 11.8 Å². The summed E-state index contributed by atoms with van der Waals surface area (Å²) in [6.07, 6.45) is -3.88. The largest absolute Gasteiger partial charge is 0.493 e. The van der Waals surface area contributed by atoms with Gasteiger partial charge in [-0.2, -0.15) is 23.5 Å². The first-order valence-electron chi connectivity index (χ1n) is 10.8. The highest BCUT2D eigenvalue weighted by Gasteiger charge is 2.30. The summed E-state index contributed by atoms with van der Waals surface area (Å²) in [7, 11) is 1.46. The topological polar surface area (TPSA) is 113 Å². The summed E-state index contributed by atoms with van der Waals surface area (Å²) in [5.41, 5.74) is 2.96. The quantitative estimate of drug-likeness (QED) is 0.247. The molecule has 0 aliphatic heterocycles. The monoisotopic (exact) mass is 510 g/mol. The minimum absolute atomic E-state index is 0.0818. The normalized spacial score (nSPS) is 11.0. The molecule has 37 heavy (non-hydrogen) atoms.